The van der Waals surface area contributed by atoms with Crippen LogP contribution < -0.4 is 5.32 Å². The van der Waals surface area contributed by atoms with Crippen molar-refractivity contribution < 1.29 is 4.42 Å². The van der Waals surface area contributed by atoms with Crippen LogP contribution in [0.2, 0.25) is 0 Å². The predicted octanol–water partition coefficient (Wildman–Crippen LogP) is 3.96. The first-order valence-corrected chi connectivity index (χ1v) is 8.37. The average molecular weight is 292 g/mol. The van der Waals surface area contributed by atoms with Gasteiger partial charge < -0.3 is 9.73 Å². The van der Waals surface area contributed by atoms with Gasteiger partial charge in [0.1, 0.15) is 11.5 Å². The molecule has 120 valence electrons. The highest BCUT2D eigenvalue weighted by atomic mass is 16.3. The molecule has 1 aromatic heterocycles. The van der Waals surface area contributed by atoms with E-state index in [1.54, 1.807) is 0 Å². The first-order valence-electron chi connectivity index (χ1n) is 8.37. The average Bonchev–Trinajstić information content (AvgIpc) is 2.68. The molecule has 2 rings (SSSR count). The number of aryl methyl sites for hydroxylation is 1. The summed E-state index contributed by atoms with van der Waals surface area (Å²) in [6.07, 6.45) is 2.66. The molecular formula is C18H32N2O. The number of rotatable bonds is 6. The third kappa shape index (κ3) is 5.15. The third-order valence-electron chi connectivity index (χ3n) is 4.30. The van der Waals surface area contributed by atoms with Crippen molar-refractivity contribution in [3.8, 4) is 0 Å². The van der Waals surface area contributed by atoms with Crippen LogP contribution in [0, 0.1) is 18.3 Å². The summed E-state index contributed by atoms with van der Waals surface area (Å²) >= 11 is 0. The van der Waals surface area contributed by atoms with Crippen molar-refractivity contribution in [3.63, 3.8) is 0 Å². The molecule has 1 aromatic rings. The van der Waals surface area contributed by atoms with Crippen LogP contribution in [0.4, 0.5) is 0 Å². The van der Waals surface area contributed by atoms with Gasteiger partial charge in [0.25, 0.3) is 0 Å². The Kier molecular flexibility index (Phi) is 5.50. The zero-order valence-electron chi connectivity index (χ0n) is 14.5. The maximum atomic E-state index is 5.90. The number of piperidine rings is 1. The van der Waals surface area contributed by atoms with Crippen LogP contribution in [0.25, 0.3) is 0 Å². The van der Waals surface area contributed by atoms with Gasteiger partial charge in [-0.15, -0.1) is 0 Å². The molecule has 0 aliphatic carbocycles. The van der Waals surface area contributed by atoms with Gasteiger partial charge in [0, 0.05) is 18.7 Å². The zero-order valence-corrected chi connectivity index (χ0v) is 14.5. The maximum absolute atomic E-state index is 5.90. The fourth-order valence-electron chi connectivity index (χ4n) is 3.24. The minimum atomic E-state index is 0.456. The Morgan fingerprint density at radius 2 is 2.14 bits per heavy atom. The topological polar surface area (TPSA) is 28.4 Å². The largest absolute Gasteiger partial charge is 0.465 e. The van der Waals surface area contributed by atoms with Gasteiger partial charge in [0.2, 0.25) is 0 Å². The van der Waals surface area contributed by atoms with E-state index in [0.29, 0.717) is 11.3 Å². The summed E-state index contributed by atoms with van der Waals surface area (Å²) in [5.41, 5.74) is 1.81. The summed E-state index contributed by atoms with van der Waals surface area (Å²) in [5, 5.41) is 3.45. The van der Waals surface area contributed by atoms with Crippen LogP contribution in [0.15, 0.2) is 10.5 Å². The van der Waals surface area contributed by atoms with Gasteiger partial charge in [-0.2, -0.15) is 0 Å². The Hall–Kier alpha value is -0.800. The lowest BCUT2D eigenvalue weighted by molar-refractivity contribution is 0.111. The molecule has 0 atom stereocenters. The van der Waals surface area contributed by atoms with E-state index < -0.39 is 0 Å². The fourth-order valence-corrected chi connectivity index (χ4v) is 3.24. The summed E-state index contributed by atoms with van der Waals surface area (Å²) in [4.78, 5) is 2.58. The summed E-state index contributed by atoms with van der Waals surface area (Å²) in [7, 11) is 0. The first-order chi connectivity index (χ1) is 9.85. The smallest absolute Gasteiger partial charge is 0.118 e. The molecule has 21 heavy (non-hydrogen) atoms. The molecule has 2 heterocycles. The molecular weight excluding hydrogens is 260 g/mol. The summed E-state index contributed by atoms with van der Waals surface area (Å²) < 4.78 is 5.90. The molecule has 1 saturated heterocycles. The summed E-state index contributed by atoms with van der Waals surface area (Å²) in [6, 6.07) is 2.24. The van der Waals surface area contributed by atoms with Gasteiger partial charge in [-0.1, -0.05) is 27.7 Å². The minimum absolute atomic E-state index is 0.456. The standard InChI is InChI=1S/C18H32N2O/c1-14(2)10-19-11-17-9-16(15(3)21-17)12-20-8-6-7-18(4,5)13-20/h9,14,19H,6-8,10-13H2,1-5H3. The van der Waals surface area contributed by atoms with Crippen molar-refractivity contribution in [1.29, 1.82) is 0 Å². The lowest BCUT2D eigenvalue weighted by atomic mass is 9.84. The maximum Gasteiger partial charge on any atom is 0.118 e. The highest BCUT2D eigenvalue weighted by Gasteiger charge is 2.26. The molecule has 0 bridgehead atoms. The summed E-state index contributed by atoms with van der Waals surface area (Å²) in [5.74, 6) is 2.83. The molecule has 0 amide bonds. The van der Waals surface area contributed by atoms with E-state index >= 15 is 0 Å². The molecule has 0 spiro atoms. The molecule has 1 fully saturated rings. The Morgan fingerprint density at radius 3 is 2.81 bits per heavy atom. The number of furan rings is 1. The van der Waals surface area contributed by atoms with E-state index in [4.69, 9.17) is 4.42 Å². The van der Waals surface area contributed by atoms with Crippen LogP contribution in [-0.2, 0) is 13.1 Å². The lowest BCUT2D eigenvalue weighted by Crippen LogP contribution is -2.39. The molecule has 0 saturated carbocycles. The van der Waals surface area contributed by atoms with Crippen molar-refractivity contribution in [1.82, 2.24) is 10.2 Å². The molecule has 1 N–H and O–H groups in total. The van der Waals surface area contributed by atoms with Gasteiger partial charge in [-0.25, -0.2) is 0 Å². The van der Waals surface area contributed by atoms with E-state index in [-0.39, 0.29) is 0 Å². The van der Waals surface area contributed by atoms with E-state index in [2.05, 4.69) is 50.9 Å². The van der Waals surface area contributed by atoms with E-state index in [9.17, 15) is 0 Å². The third-order valence-corrected chi connectivity index (χ3v) is 4.30. The SMILES string of the molecule is Cc1oc(CNCC(C)C)cc1CN1CCCC(C)(C)C1. The van der Waals surface area contributed by atoms with Gasteiger partial charge in [0.05, 0.1) is 6.54 Å². The first kappa shape index (κ1) is 16.6. The van der Waals surface area contributed by atoms with Gasteiger partial charge in [-0.3, -0.25) is 4.90 Å². The van der Waals surface area contributed by atoms with Crippen molar-refractivity contribution >= 4 is 0 Å². The molecule has 3 nitrogen and oxygen atoms in total. The monoisotopic (exact) mass is 292 g/mol. The van der Waals surface area contributed by atoms with Crippen molar-refractivity contribution in [2.75, 3.05) is 19.6 Å². The van der Waals surface area contributed by atoms with Gasteiger partial charge >= 0.3 is 0 Å². The Balaban J connectivity index is 1.90. The van der Waals surface area contributed by atoms with Crippen LogP contribution in [0.1, 0.15) is 57.6 Å². The number of nitrogens with one attached hydrogen (secondary N) is 1. The van der Waals surface area contributed by atoms with E-state index in [1.165, 1.54) is 31.5 Å². The highest BCUT2D eigenvalue weighted by molar-refractivity contribution is 5.21. The van der Waals surface area contributed by atoms with Crippen LogP contribution in [0.5, 0.6) is 0 Å². The van der Waals surface area contributed by atoms with E-state index in [1.807, 2.05) is 0 Å². The van der Waals surface area contributed by atoms with Crippen molar-refractivity contribution in [3.05, 3.63) is 23.2 Å². The second kappa shape index (κ2) is 6.97. The molecule has 3 heteroatoms. The second-order valence-corrected chi connectivity index (χ2v) is 7.80. The van der Waals surface area contributed by atoms with Crippen LogP contribution >= 0.6 is 0 Å². The van der Waals surface area contributed by atoms with Gasteiger partial charge in [0.15, 0.2) is 0 Å². The molecule has 1 aliphatic heterocycles. The molecule has 0 unspecified atom stereocenters. The normalized spacial score (nSPS) is 19.3. The van der Waals surface area contributed by atoms with Crippen molar-refractivity contribution in [2.45, 2.75) is 60.5 Å². The molecule has 1 aliphatic rings. The number of nitrogens with zero attached hydrogens (tertiary/aromatic N) is 1. The Morgan fingerprint density at radius 1 is 1.38 bits per heavy atom. The highest BCUT2D eigenvalue weighted by Crippen LogP contribution is 2.30. The van der Waals surface area contributed by atoms with Crippen molar-refractivity contribution in [2.24, 2.45) is 11.3 Å². The van der Waals surface area contributed by atoms with Gasteiger partial charge in [-0.05, 0) is 50.3 Å². The number of hydrogen-bond acceptors (Lipinski definition) is 3. The fraction of sp³-hybridized carbons (Fsp3) is 0.778. The zero-order chi connectivity index (χ0) is 15.5. The quantitative estimate of drug-likeness (QED) is 0.860. The number of likely N-dealkylation sites (tertiary alicyclic amines) is 1. The molecule has 0 radical (unpaired) electrons. The Labute approximate surface area is 130 Å². The van der Waals surface area contributed by atoms with Crippen LogP contribution in [0.3, 0.4) is 0 Å². The lowest BCUT2D eigenvalue weighted by Gasteiger charge is -2.37. The molecule has 0 aromatic carbocycles. The Bertz CT molecular complexity index is 448. The second-order valence-electron chi connectivity index (χ2n) is 7.80. The number of hydrogen-bond donors (Lipinski definition) is 1. The minimum Gasteiger partial charge on any atom is -0.465 e. The van der Waals surface area contributed by atoms with E-state index in [0.717, 1.165) is 31.2 Å². The summed E-state index contributed by atoms with van der Waals surface area (Å²) in [6.45, 7) is 16.6. The predicted molar refractivity (Wildman–Crippen MR) is 88.3 cm³/mol. The van der Waals surface area contributed by atoms with Crippen LogP contribution in [-0.4, -0.2) is 24.5 Å².